The number of hydroxylamine groups is 1. The first-order valence-electron chi connectivity index (χ1n) is 6.37. The highest BCUT2D eigenvalue weighted by atomic mass is 16.6. The van der Waals surface area contributed by atoms with E-state index >= 15 is 0 Å². The van der Waals surface area contributed by atoms with Gasteiger partial charge in [0.15, 0.2) is 0 Å². The van der Waals surface area contributed by atoms with Gasteiger partial charge in [0.2, 0.25) is 0 Å². The van der Waals surface area contributed by atoms with E-state index < -0.39 is 0 Å². The zero-order chi connectivity index (χ0) is 13.3. The van der Waals surface area contributed by atoms with Crippen molar-refractivity contribution >= 4 is 5.91 Å². The van der Waals surface area contributed by atoms with Crippen LogP contribution in [-0.2, 0) is 11.3 Å². The van der Waals surface area contributed by atoms with Crippen LogP contribution in [0.4, 0.5) is 0 Å². The van der Waals surface area contributed by atoms with E-state index in [2.05, 4.69) is 17.6 Å². The van der Waals surface area contributed by atoms with Crippen molar-refractivity contribution in [1.82, 2.24) is 5.48 Å². The Kier molecular flexibility index (Phi) is 5.14. The molecule has 2 aromatic carbocycles. The first kappa shape index (κ1) is 13.3. The second kappa shape index (κ2) is 7.34. The Morgan fingerprint density at radius 1 is 0.947 bits per heavy atom. The molecule has 0 aromatic heterocycles. The fraction of sp³-hybridized carbons (Fsp3) is 0.188. The second-order valence-corrected chi connectivity index (χ2v) is 4.23. The summed E-state index contributed by atoms with van der Waals surface area (Å²) >= 11 is 0. The Morgan fingerprint density at radius 3 is 2.26 bits per heavy atom. The molecule has 0 unspecified atom stereocenters. The Labute approximate surface area is 113 Å². The summed E-state index contributed by atoms with van der Waals surface area (Å²) in [6.07, 6.45) is 1.82. The molecule has 0 aliphatic heterocycles. The predicted molar refractivity (Wildman–Crippen MR) is 74.6 cm³/mol. The van der Waals surface area contributed by atoms with Gasteiger partial charge in [-0.3, -0.25) is 9.63 Å². The normalized spacial score (nSPS) is 10.1. The number of rotatable bonds is 6. The summed E-state index contributed by atoms with van der Waals surface area (Å²) in [6.45, 7) is 0.507. The van der Waals surface area contributed by atoms with Gasteiger partial charge in [0.1, 0.15) is 0 Å². The van der Waals surface area contributed by atoms with Crippen molar-refractivity contribution in [1.29, 1.82) is 0 Å². The number of aryl methyl sites for hydroxylation is 1. The minimum absolute atomic E-state index is 0.208. The van der Waals surface area contributed by atoms with Crippen molar-refractivity contribution in [3.8, 4) is 0 Å². The van der Waals surface area contributed by atoms with E-state index in [0.29, 0.717) is 12.2 Å². The predicted octanol–water partition coefficient (Wildman–Crippen LogP) is 2.98. The Morgan fingerprint density at radius 2 is 1.58 bits per heavy atom. The summed E-state index contributed by atoms with van der Waals surface area (Å²) in [5.41, 5.74) is 4.33. The molecule has 1 N–H and O–H groups in total. The topological polar surface area (TPSA) is 38.3 Å². The van der Waals surface area contributed by atoms with Crippen LogP contribution in [0, 0.1) is 0 Å². The third-order valence-corrected chi connectivity index (χ3v) is 2.76. The van der Waals surface area contributed by atoms with Crippen molar-refractivity contribution in [2.45, 2.75) is 12.8 Å². The zero-order valence-electron chi connectivity index (χ0n) is 10.7. The van der Waals surface area contributed by atoms with Gasteiger partial charge < -0.3 is 0 Å². The largest absolute Gasteiger partial charge is 0.274 e. The highest BCUT2D eigenvalue weighted by Crippen LogP contribution is 2.02. The zero-order valence-corrected chi connectivity index (χ0v) is 10.7. The van der Waals surface area contributed by atoms with Gasteiger partial charge >= 0.3 is 0 Å². The van der Waals surface area contributed by atoms with E-state index in [9.17, 15) is 4.79 Å². The summed E-state index contributed by atoms with van der Waals surface area (Å²) in [5.74, 6) is -0.208. The highest BCUT2D eigenvalue weighted by Gasteiger charge is 2.03. The van der Waals surface area contributed by atoms with E-state index in [1.807, 2.05) is 36.4 Å². The monoisotopic (exact) mass is 255 g/mol. The van der Waals surface area contributed by atoms with Gasteiger partial charge in [0.25, 0.3) is 5.91 Å². The van der Waals surface area contributed by atoms with Crippen LogP contribution in [0.2, 0.25) is 0 Å². The van der Waals surface area contributed by atoms with E-state index in [-0.39, 0.29) is 5.91 Å². The van der Waals surface area contributed by atoms with Crippen molar-refractivity contribution < 1.29 is 9.63 Å². The number of nitrogens with one attached hydrogen (secondary N) is 1. The minimum atomic E-state index is -0.208. The van der Waals surface area contributed by atoms with Crippen molar-refractivity contribution in [2.75, 3.05) is 6.61 Å². The lowest BCUT2D eigenvalue weighted by molar-refractivity contribution is 0.0304. The van der Waals surface area contributed by atoms with Gasteiger partial charge in [-0.1, -0.05) is 48.5 Å². The van der Waals surface area contributed by atoms with Crippen LogP contribution in [0.25, 0.3) is 0 Å². The molecule has 0 aliphatic carbocycles. The highest BCUT2D eigenvalue weighted by molar-refractivity contribution is 5.93. The maximum Gasteiger partial charge on any atom is 0.274 e. The Bertz CT molecular complexity index is 497. The molecule has 0 radical (unpaired) electrons. The quantitative estimate of drug-likeness (QED) is 0.636. The molecule has 2 aromatic rings. The summed E-state index contributed by atoms with van der Waals surface area (Å²) < 4.78 is 0. The molecule has 0 spiro atoms. The lowest BCUT2D eigenvalue weighted by atomic mass is 10.1. The van der Waals surface area contributed by atoms with Crippen LogP contribution in [0.15, 0.2) is 60.7 Å². The fourth-order valence-corrected chi connectivity index (χ4v) is 1.76. The lowest BCUT2D eigenvalue weighted by Crippen LogP contribution is -2.24. The fourth-order valence-electron chi connectivity index (χ4n) is 1.76. The molecular weight excluding hydrogens is 238 g/mol. The molecular formula is C16H17NO2. The smallest absolute Gasteiger partial charge is 0.273 e. The van der Waals surface area contributed by atoms with Crippen LogP contribution in [0.5, 0.6) is 0 Å². The molecule has 19 heavy (non-hydrogen) atoms. The second-order valence-electron chi connectivity index (χ2n) is 4.23. The SMILES string of the molecule is O=C(NOCCCc1ccccc1)c1ccccc1. The van der Waals surface area contributed by atoms with E-state index in [1.165, 1.54) is 5.56 Å². The summed E-state index contributed by atoms with van der Waals surface area (Å²) in [5, 5.41) is 0. The molecule has 3 nitrogen and oxygen atoms in total. The van der Waals surface area contributed by atoms with Crippen LogP contribution >= 0.6 is 0 Å². The Hall–Kier alpha value is -2.13. The van der Waals surface area contributed by atoms with Crippen molar-refractivity contribution in [2.24, 2.45) is 0 Å². The first-order valence-corrected chi connectivity index (χ1v) is 6.37. The molecule has 2 rings (SSSR count). The standard InChI is InChI=1S/C16H17NO2/c18-16(15-11-5-2-6-12-15)17-19-13-7-10-14-8-3-1-4-9-14/h1-6,8-9,11-12H,7,10,13H2,(H,17,18). The van der Waals surface area contributed by atoms with E-state index in [4.69, 9.17) is 4.84 Å². The van der Waals surface area contributed by atoms with Gasteiger partial charge in [-0.15, -0.1) is 0 Å². The number of benzene rings is 2. The first-order chi connectivity index (χ1) is 9.36. The third-order valence-electron chi connectivity index (χ3n) is 2.76. The average Bonchev–Trinajstić information content (AvgIpc) is 2.49. The number of carbonyl (C=O) groups excluding carboxylic acids is 1. The molecule has 0 aliphatic rings. The average molecular weight is 255 g/mol. The van der Waals surface area contributed by atoms with Gasteiger partial charge in [-0.05, 0) is 30.5 Å². The third kappa shape index (κ3) is 4.56. The van der Waals surface area contributed by atoms with Gasteiger partial charge in [0, 0.05) is 5.56 Å². The molecule has 0 fully saturated rings. The lowest BCUT2D eigenvalue weighted by Gasteiger charge is -2.06. The van der Waals surface area contributed by atoms with Gasteiger partial charge in [0.05, 0.1) is 6.61 Å². The van der Waals surface area contributed by atoms with E-state index in [0.717, 1.165) is 12.8 Å². The van der Waals surface area contributed by atoms with Crippen LogP contribution < -0.4 is 5.48 Å². The summed E-state index contributed by atoms with van der Waals surface area (Å²) in [4.78, 5) is 16.8. The maximum atomic E-state index is 11.6. The van der Waals surface area contributed by atoms with Crippen molar-refractivity contribution in [3.05, 3.63) is 71.8 Å². The number of amides is 1. The van der Waals surface area contributed by atoms with E-state index in [1.54, 1.807) is 12.1 Å². The van der Waals surface area contributed by atoms with Gasteiger partial charge in [-0.2, -0.15) is 0 Å². The van der Waals surface area contributed by atoms with Crippen LogP contribution in [-0.4, -0.2) is 12.5 Å². The maximum absolute atomic E-state index is 11.6. The molecule has 3 heteroatoms. The number of carbonyl (C=O) groups is 1. The Balaban J connectivity index is 1.63. The molecule has 1 amide bonds. The van der Waals surface area contributed by atoms with Crippen LogP contribution in [0.1, 0.15) is 22.3 Å². The van der Waals surface area contributed by atoms with Gasteiger partial charge in [-0.25, -0.2) is 5.48 Å². The summed E-state index contributed by atoms with van der Waals surface area (Å²) in [6, 6.07) is 19.2. The molecule has 0 heterocycles. The molecule has 98 valence electrons. The number of hydrogen-bond acceptors (Lipinski definition) is 2. The van der Waals surface area contributed by atoms with Crippen LogP contribution in [0.3, 0.4) is 0 Å². The number of hydrogen-bond donors (Lipinski definition) is 1. The minimum Gasteiger partial charge on any atom is -0.273 e. The molecule has 0 saturated heterocycles. The molecule has 0 saturated carbocycles. The summed E-state index contributed by atoms with van der Waals surface area (Å²) in [7, 11) is 0. The van der Waals surface area contributed by atoms with Crippen molar-refractivity contribution in [3.63, 3.8) is 0 Å². The molecule has 0 bridgehead atoms. The molecule has 0 atom stereocenters.